The summed E-state index contributed by atoms with van der Waals surface area (Å²) in [5, 5.41) is 1.99. The molecule has 256 valence electrons. The number of para-hydroxylation sites is 2. The standard InChI is InChI=1S/C49H34N4O/c1-4-16-34(17-5-1)40-23-12-13-25-43(40)53(38-21-8-3-9-22-38)39-29-30-41-45(32-39)54-44-26-14-24-42(46(41)44)49-51-47(35-18-6-2-7-19-35)50-48(52-49)37-28-27-33-15-10-11-20-36(33)31-37/h1-30,32,37H,31H2. The summed E-state index contributed by atoms with van der Waals surface area (Å²) in [7, 11) is 0. The maximum absolute atomic E-state index is 6.68. The molecule has 0 amide bonds. The molecule has 1 aliphatic rings. The van der Waals surface area contributed by atoms with Gasteiger partial charge in [-0.1, -0.05) is 146 Å². The van der Waals surface area contributed by atoms with Crippen LogP contribution in [0.3, 0.4) is 0 Å². The van der Waals surface area contributed by atoms with E-state index < -0.39 is 0 Å². The van der Waals surface area contributed by atoms with Crippen LogP contribution in [0.25, 0.3) is 61.9 Å². The second-order valence-electron chi connectivity index (χ2n) is 13.6. The highest BCUT2D eigenvalue weighted by atomic mass is 16.3. The molecule has 0 radical (unpaired) electrons. The molecule has 54 heavy (non-hydrogen) atoms. The van der Waals surface area contributed by atoms with Gasteiger partial charge in [-0.05, 0) is 59.5 Å². The fraction of sp³-hybridized carbons (Fsp3) is 0.0408. The molecular weight excluding hydrogens is 661 g/mol. The lowest BCUT2D eigenvalue weighted by Crippen LogP contribution is -2.12. The van der Waals surface area contributed by atoms with Gasteiger partial charge in [-0.25, -0.2) is 15.0 Å². The van der Waals surface area contributed by atoms with Crippen molar-refractivity contribution in [3.8, 4) is 33.9 Å². The third kappa shape index (κ3) is 5.73. The average molecular weight is 695 g/mol. The number of aromatic nitrogens is 3. The van der Waals surface area contributed by atoms with E-state index in [0.717, 1.165) is 73.5 Å². The zero-order valence-electron chi connectivity index (χ0n) is 29.4. The van der Waals surface area contributed by atoms with Crippen molar-refractivity contribution in [3.63, 3.8) is 0 Å². The highest BCUT2D eigenvalue weighted by Gasteiger charge is 2.24. The van der Waals surface area contributed by atoms with Gasteiger partial charge in [0.15, 0.2) is 11.6 Å². The Bertz CT molecular complexity index is 2810. The number of rotatable bonds is 7. The van der Waals surface area contributed by atoms with E-state index in [-0.39, 0.29) is 5.92 Å². The second-order valence-corrected chi connectivity index (χ2v) is 13.6. The minimum atomic E-state index is 0.0229. The fourth-order valence-electron chi connectivity index (χ4n) is 7.65. The smallest absolute Gasteiger partial charge is 0.164 e. The maximum atomic E-state index is 6.68. The van der Waals surface area contributed by atoms with E-state index in [2.05, 4.69) is 157 Å². The van der Waals surface area contributed by atoms with Gasteiger partial charge in [0.1, 0.15) is 17.0 Å². The van der Waals surface area contributed by atoms with Crippen LogP contribution in [-0.2, 0) is 6.42 Å². The monoisotopic (exact) mass is 694 g/mol. The minimum Gasteiger partial charge on any atom is -0.456 e. The van der Waals surface area contributed by atoms with Gasteiger partial charge in [-0.3, -0.25) is 0 Å². The first kappa shape index (κ1) is 31.6. The highest BCUT2D eigenvalue weighted by molar-refractivity contribution is 6.12. The summed E-state index contributed by atoms with van der Waals surface area (Å²) < 4.78 is 6.68. The van der Waals surface area contributed by atoms with Crippen LogP contribution in [0, 0.1) is 0 Å². The first-order valence-electron chi connectivity index (χ1n) is 18.3. The number of benzene rings is 7. The van der Waals surface area contributed by atoms with Crippen molar-refractivity contribution < 1.29 is 4.42 Å². The summed E-state index contributed by atoms with van der Waals surface area (Å²) in [6, 6.07) is 60.9. The van der Waals surface area contributed by atoms with Crippen molar-refractivity contribution in [1.29, 1.82) is 0 Å². The Hall–Kier alpha value is -7.11. The first-order chi connectivity index (χ1) is 26.8. The lowest BCUT2D eigenvalue weighted by atomic mass is 9.89. The lowest BCUT2D eigenvalue weighted by molar-refractivity contribution is 0.669. The molecule has 0 bridgehead atoms. The zero-order chi connectivity index (χ0) is 35.8. The van der Waals surface area contributed by atoms with E-state index in [1.165, 1.54) is 11.1 Å². The van der Waals surface area contributed by atoms with Crippen LogP contribution in [0.1, 0.15) is 22.9 Å². The van der Waals surface area contributed by atoms with E-state index in [1.54, 1.807) is 0 Å². The number of hydrogen-bond acceptors (Lipinski definition) is 5. The molecule has 1 aliphatic carbocycles. The molecule has 0 saturated heterocycles. The van der Waals surface area contributed by atoms with Gasteiger partial charge in [0.2, 0.25) is 0 Å². The first-order valence-corrected chi connectivity index (χ1v) is 18.3. The van der Waals surface area contributed by atoms with Crippen LogP contribution in [0.2, 0.25) is 0 Å². The van der Waals surface area contributed by atoms with Crippen LogP contribution in [0.4, 0.5) is 17.1 Å². The molecule has 2 aromatic heterocycles. The number of furan rings is 1. The van der Waals surface area contributed by atoms with E-state index in [9.17, 15) is 0 Å². The Morgan fingerprint density at radius 3 is 2.04 bits per heavy atom. The normalized spacial score (nSPS) is 13.6. The van der Waals surface area contributed by atoms with Crippen molar-refractivity contribution in [2.24, 2.45) is 0 Å². The predicted molar refractivity (Wildman–Crippen MR) is 220 cm³/mol. The third-order valence-corrected chi connectivity index (χ3v) is 10.2. The van der Waals surface area contributed by atoms with Crippen LogP contribution >= 0.6 is 0 Å². The Morgan fingerprint density at radius 1 is 0.519 bits per heavy atom. The Kier molecular flexibility index (Phi) is 7.88. The van der Waals surface area contributed by atoms with Crippen LogP contribution in [0.15, 0.2) is 186 Å². The Labute approximate surface area is 313 Å². The summed E-state index contributed by atoms with van der Waals surface area (Å²) >= 11 is 0. The summed E-state index contributed by atoms with van der Waals surface area (Å²) in [6.07, 6.45) is 5.24. The van der Waals surface area contributed by atoms with Crippen molar-refractivity contribution in [3.05, 3.63) is 199 Å². The number of allylic oxidation sites excluding steroid dienone is 1. The van der Waals surface area contributed by atoms with Gasteiger partial charge in [-0.15, -0.1) is 0 Å². The molecule has 0 spiro atoms. The van der Waals surface area contributed by atoms with E-state index in [1.807, 2.05) is 36.4 Å². The lowest BCUT2D eigenvalue weighted by Gasteiger charge is -2.27. The topological polar surface area (TPSA) is 55.1 Å². The molecule has 9 aromatic rings. The molecular formula is C49H34N4O. The molecule has 5 nitrogen and oxygen atoms in total. The van der Waals surface area contributed by atoms with E-state index in [0.29, 0.717) is 11.6 Å². The second kappa shape index (κ2) is 13.5. The van der Waals surface area contributed by atoms with Gasteiger partial charge in [0.05, 0.1) is 5.69 Å². The van der Waals surface area contributed by atoms with Gasteiger partial charge >= 0.3 is 0 Å². The van der Waals surface area contributed by atoms with Gasteiger partial charge in [0, 0.05) is 50.8 Å². The minimum absolute atomic E-state index is 0.0229. The van der Waals surface area contributed by atoms with Gasteiger partial charge in [-0.2, -0.15) is 0 Å². The number of fused-ring (bicyclic) bond motifs is 4. The van der Waals surface area contributed by atoms with Gasteiger partial charge in [0.25, 0.3) is 0 Å². The number of nitrogens with zero attached hydrogens (tertiary/aromatic N) is 4. The molecule has 5 heteroatoms. The van der Waals surface area contributed by atoms with E-state index in [4.69, 9.17) is 19.4 Å². The molecule has 2 heterocycles. The average Bonchev–Trinajstić information content (AvgIpc) is 3.63. The van der Waals surface area contributed by atoms with Crippen LogP contribution < -0.4 is 4.90 Å². The molecule has 1 atom stereocenters. The summed E-state index contributed by atoms with van der Waals surface area (Å²) in [6.45, 7) is 0. The highest BCUT2D eigenvalue weighted by Crippen LogP contribution is 2.44. The summed E-state index contributed by atoms with van der Waals surface area (Å²) in [5.41, 5.74) is 11.4. The molecule has 1 unspecified atom stereocenters. The van der Waals surface area contributed by atoms with Crippen molar-refractivity contribution >= 4 is 45.1 Å². The quantitative estimate of drug-likeness (QED) is 0.166. The van der Waals surface area contributed by atoms with Crippen LogP contribution in [-0.4, -0.2) is 15.0 Å². The Morgan fingerprint density at radius 2 is 1.20 bits per heavy atom. The maximum Gasteiger partial charge on any atom is 0.164 e. The van der Waals surface area contributed by atoms with Crippen molar-refractivity contribution in [2.45, 2.75) is 12.3 Å². The predicted octanol–water partition coefficient (Wildman–Crippen LogP) is 12.6. The molecule has 10 rings (SSSR count). The summed E-state index contributed by atoms with van der Waals surface area (Å²) in [4.78, 5) is 17.7. The van der Waals surface area contributed by atoms with Crippen LogP contribution in [0.5, 0.6) is 0 Å². The molecule has 0 N–H and O–H groups in total. The SMILES string of the molecule is C1=CC(c2nc(-c3ccccc3)nc(-c3cccc4oc5cc(N(c6ccccc6)c6ccccc6-c6ccccc6)ccc5c34)n2)Cc2ccccc21. The molecule has 0 aliphatic heterocycles. The molecule has 0 saturated carbocycles. The van der Waals surface area contributed by atoms with Crippen molar-refractivity contribution in [2.75, 3.05) is 4.90 Å². The zero-order valence-corrected chi connectivity index (χ0v) is 29.4. The molecule has 7 aromatic carbocycles. The third-order valence-electron chi connectivity index (χ3n) is 10.2. The molecule has 0 fully saturated rings. The number of anilines is 3. The number of hydrogen-bond donors (Lipinski definition) is 0. The van der Waals surface area contributed by atoms with Crippen molar-refractivity contribution in [1.82, 2.24) is 15.0 Å². The Balaban J connectivity index is 1.12. The largest absolute Gasteiger partial charge is 0.456 e. The fourth-order valence-corrected chi connectivity index (χ4v) is 7.65. The summed E-state index contributed by atoms with van der Waals surface area (Å²) in [5.74, 6) is 2.07. The van der Waals surface area contributed by atoms with E-state index >= 15 is 0 Å². The van der Waals surface area contributed by atoms with Gasteiger partial charge < -0.3 is 9.32 Å².